The number of nitrogens with zero attached hydrogens (tertiary/aromatic N) is 1. The van der Waals surface area contributed by atoms with E-state index in [1.54, 1.807) is 42.5 Å². The summed E-state index contributed by atoms with van der Waals surface area (Å²) in [5.41, 5.74) is 3.01. The Balaban J connectivity index is 2.01. The third kappa shape index (κ3) is 3.94. The summed E-state index contributed by atoms with van der Waals surface area (Å²) < 4.78 is 5.35. The molecule has 0 bridgehead atoms. The Labute approximate surface area is 196 Å². The van der Waals surface area contributed by atoms with Crippen molar-refractivity contribution < 1.29 is 24.5 Å². The van der Waals surface area contributed by atoms with Gasteiger partial charge >= 0.3 is 0 Å². The molecule has 1 heterocycles. The minimum atomic E-state index is -0.964. The molecule has 0 radical (unpaired) electrons. The molecule has 1 atom stereocenters. The number of carbonyl (C=O) groups excluding carboxylic acids is 2. The smallest absolute Gasteiger partial charge is 0.300 e. The van der Waals surface area contributed by atoms with E-state index in [9.17, 15) is 19.8 Å². The predicted octanol–water partition coefficient (Wildman–Crippen LogP) is 5.30. The number of halogens is 1. The number of hydrogen-bond acceptors (Lipinski definition) is 5. The Bertz CT molecular complexity index is 1290. The lowest BCUT2D eigenvalue weighted by Crippen LogP contribution is -2.29. The van der Waals surface area contributed by atoms with Gasteiger partial charge in [0.15, 0.2) is 0 Å². The molecule has 4 rings (SSSR count). The van der Waals surface area contributed by atoms with Crippen LogP contribution in [0.25, 0.3) is 5.76 Å². The van der Waals surface area contributed by atoms with E-state index < -0.39 is 17.7 Å². The van der Waals surface area contributed by atoms with Gasteiger partial charge < -0.3 is 14.9 Å². The average molecular weight is 464 g/mol. The number of methoxy groups -OCH3 is 1. The molecule has 1 unspecified atom stereocenters. The number of aryl methyl sites for hydroxylation is 2. The second-order valence-corrected chi connectivity index (χ2v) is 8.33. The van der Waals surface area contributed by atoms with Gasteiger partial charge in [-0.2, -0.15) is 0 Å². The van der Waals surface area contributed by atoms with Crippen LogP contribution in [-0.4, -0.2) is 29.0 Å². The number of aliphatic hydroxyl groups excluding tert-OH is 1. The number of aromatic hydroxyl groups is 1. The fraction of sp³-hybridized carbons (Fsp3) is 0.154. The third-order valence-electron chi connectivity index (χ3n) is 5.58. The molecule has 6 nitrogen and oxygen atoms in total. The van der Waals surface area contributed by atoms with Crippen LogP contribution in [0.3, 0.4) is 0 Å². The number of ketones is 1. The fourth-order valence-electron chi connectivity index (χ4n) is 4.18. The standard InChI is InChI=1S/C26H22ClNO5/c1-14-10-15(2)12-17(11-14)28-23(16-8-9-20(29)19(27)13-16)22(25(31)26(28)32)24(30)18-6-4-5-7-21(18)33-3/h4-13,23,29-30H,1-3H3/b24-22-. The molecule has 1 saturated heterocycles. The van der Waals surface area contributed by atoms with Crippen molar-refractivity contribution in [2.75, 3.05) is 12.0 Å². The van der Waals surface area contributed by atoms with Crippen LogP contribution in [0.4, 0.5) is 5.69 Å². The molecule has 2 N–H and O–H groups in total. The van der Waals surface area contributed by atoms with Crippen molar-refractivity contribution >= 4 is 34.7 Å². The second kappa shape index (κ2) is 8.64. The summed E-state index contributed by atoms with van der Waals surface area (Å²) in [5.74, 6) is -1.73. The molecule has 3 aromatic carbocycles. The molecule has 0 spiro atoms. The Morgan fingerprint density at radius 1 is 1.00 bits per heavy atom. The van der Waals surface area contributed by atoms with Gasteiger partial charge in [0.1, 0.15) is 17.3 Å². The highest BCUT2D eigenvalue weighted by Crippen LogP contribution is 2.44. The number of para-hydroxylation sites is 1. The van der Waals surface area contributed by atoms with Crippen molar-refractivity contribution in [1.82, 2.24) is 0 Å². The van der Waals surface area contributed by atoms with E-state index in [0.717, 1.165) is 11.1 Å². The van der Waals surface area contributed by atoms with E-state index in [1.807, 2.05) is 19.9 Å². The van der Waals surface area contributed by atoms with Gasteiger partial charge in [-0.1, -0.05) is 35.9 Å². The van der Waals surface area contributed by atoms with Crippen molar-refractivity contribution in [3.8, 4) is 11.5 Å². The molecular weight excluding hydrogens is 442 g/mol. The molecular formula is C26H22ClNO5. The molecule has 7 heteroatoms. The largest absolute Gasteiger partial charge is 0.507 e. The molecule has 1 fully saturated rings. The van der Waals surface area contributed by atoms with Crippen molar-refractivity contribution in [2.45, 2.75) is 19.9 Å². The van der Waals surface area contributed by atoms with Gasteiger partial charge in [-0.05, 0) is 66.9 Å². The van der Waals surface area contributed by atoms with Gasteiger partial charge in [-0.3, -0.25) is 14.5 Å². The number of phenols is 1. The Hall–Kier alpha value is -3.77. The quantitative estimate of drug-likeness (QED) is 0.311. The zero-order valence-corrected chi connectivity index (χ0v) is 19.1. The van der Waals surface area contributed by atoms with E-state index in [0.29, 0.717) is 17.0 Å². The van der Waals surface area contributed by atoms with Gasteiger partial charge in [-0.15, -0.1) is 0 Å². The monoisotopic (exact) mass is 463 g/mol. The molecule has 33 heavy (non-hydrogen) atoms. The number of anilines is 1. The van der Waals surface area contributed by atoms with Crippen molar-refractivity contribution in [3.63, 3.8) is 0 Å². The lowest BCUT2D eigenvalue weighted by molar-refractivity contribution is -0.132. The second-order valence-electron chi connectivity index (χ2n) is 7.93. The summed E-state index contributed by atoms with van der Waals surface area (Å²) in [6, 6.07) is 15.7. The highest BCUT2D eigenvalue weighted by Gasteiger charge is 2.47. The first-order valence-corrected chi connectivity index (χ1v) is 10.6. The average Bonchev–Trinajstić information content (AvgIpc) is 3.05. The van der Waals surface area contributed by atoms with E-state index >= 15 is 0 Å². The normalized spacial score (nSPS) is 17.5. The highest BCUT2D eigenvalue weighted by molar-refractivity contribution is 6.51. The van der Waals surface area contributed by atoms with Crippen LogP contribution < -0.4 is 9.64 Å². The molecule has 168 valence electrons. The van der Waals surface area contributed by atoms with Crippen LogP contribution >= 0.6 is 11.6 Å². The van der Waals surface area contributed by atoms with Crippen molar-refractivity contribution in [2.24, 2.45) is 0 Å². The zero-order valence-electron chi connectivity index (χ0n) is 18.3. The minimum absolute atomic E-state index is 0.0656. The Kier molecular flexibility index (Phi) is 5.87. The zero-order chi connectivity index (χ0) is 23.9. The molecule has 1 aliphatic heterocycles. The number of Topliss-reactive ketones (excluding diaryl/α,β-unsaturated/α-hetero) is 1. The molecule has 1 aliphatic rings. The maximum absolute atomic E-state index is 13.3. The summed E-state index contributed by atoms with van der Waals surface area (Å²) in [6.45, 7) is 3.79. The SMILES string of the molecule is COc1ccccc1/C(O)=C1/C(=O)C(=O)N(c2cc(C)cc(C)c2)C1c1ccc(O)c(Cl)c1. The lowest BCUT2D eigenvalue weighted by Gasteiger charge is -2.26. The summed E-state index contributed by atoms with van der Waals surface area (Å²) >= 11 is 6.16. The van der Waals surface area contributed by atoms with Gasteiger partial charge in [0.25, 0.3) is 11.7 Å². The molecule has 1 amide bonds. The van der Waals surface area contributed by atoms with E-state index in [2.05, 4.69) is 0 Å². The number of carbonyl (C=O) groups is 2. The van der Waals surface area contributed by atoms with Crippen LogP contribution in [0.5, 0.6) is 11.5 Å². The number of benzene rings is 3. The van der Waals surface area contributed by atoms with Crippen molar-refractivity contribution in [1.29, 1.82) is 0 Å². The summed E-state index contributed by atoms with van der Waals surface area (Å²) in [5, 5.41) is 21.2. The first kappa shape index (κ1) is 22.4. The minimum Gasteiger partial charge on any atom is -0.507 e. The van der Waals surface area contributed by atoms with E-state index in [-0.39, 0.29) is 27.7 Å². The highest BCUT2D eigenvalue weighted by atomic mass is 35.5. The number of hydrogen-bond donors (Lipinski definition) is 2. The van der Waals surface area contributed by atoms with Crippen LogP contribution in [0.15, 0.2) is 66.2 Å². The first-order valence-electron chi connectivity index (χ1n) is 10.2. The maximum Gasteiger partial charge on any atom is 0.300 e. The lowest BCUT2D eigenvalue weighted by atomic mass is 9.94. The Morgan fingerprint density at radius 2 is 1.67 bits per heavy atom. The van der Waals surface area contributed by atoms with Crippen LogP contribution in [-0.2, 0) is 9.59 Å². The number of aliphatic hydroxyl groups is 1. The fourth-order valence-corrected chi connectivity index (χ4v) is 4.37. The van der Waals surface area contributed by atoms with Gasteiger partial charge in [0.05, 0.1) is 29.3 Å². The summed E-state index contributed by atoms with van der Waals surface area (Å²) in [7, 11) is 1.46. The number of ether oxygens (including phenoxy) is 1. The molecule has 0 aliphatic carbocycles. The molecule has 0 saturated carbocycles. The molecule has 0 aromatic heterocycles. The first-order chi connectivity index (χ1) is 15.7. The van der Waals surface area contributed by atoms with Gasteiger partial charge in [-0.25, -0.2) is 0 Å². The van der Waals surface area contributed by atoms with Crippen LogP contribution in [0.1, 0.15) is 28.3 Å². The van der Waals surface area contributed by atoms with E-state index in [4.69, 9.17) is 16.3 Å². The van der Waals surface area contributed by atoms with Crippen LogP contribution in [0.2, 0.25) is 5.02 Å². The third-order valence-corrected chi connectivity index (χ3v) is 5.88. The van der Waals surface area contributed by atoms with Gasteiger partial charge in [0, 0.05) is 5.69 Å². The topological polar surface area (TPSA) is 87.1 Å². The number of phenolic OH excluding ortho intramolecular Hbond substituents is 1. The number of amides is 1. The van der Waals surface area contributed by atoms with E-state index in [1.165, 1.54) is 24.1 Å². The molecule has 3 aromatic rings. The predicted molar refractivity (Wildman–Crippen MR) is 127 cm³/mol. The maximum atomic E-state index is 13.3. The summed E-state index contributed by atoms with van der Waals surface area (Å²) in [6.07, 6.45) is 0. The van der Waals surface area contributed by atoms with Gasteiger partial charge in [0.2, 0.25) is 0 Å². The van der Waals surface area contributed by atoms with Crippen LogP contribution in [0, 0.1) is 13.8 Å². The summed E-state index contributed by atoms with van der Waals surface area (Å²) in [4.78, 5) is 27.9. The Morgan fingerprint density at radius 3 is 2.30 bits per heavy atom. The van der Waals surface area contributed by atoms with Crippen molar-refractivity contribution in [3.05, 3.63) is 93.5 Å². The number of rotatable bonds is 4.